The molecule has 10 heteroatoms. The van der Waals surface area contributed by atoms with Crippen molar-refractivity contribution in [2.75, 3.05) is 11.9 Å². The molecule has 0 saturated carbocycles. The Balaban J connectivity index is 2.21. The number of benzene rings is 1. The number of hydrogen-bond donors (Lipinski definition) is 3. The zero-order valence-corrected chi connectivity index (χ0v) is 16.4. The van der Waals surface area contributed by atoms with E-state index in [1.165, 1.54) is 6.92 Å². The molecule has 0 aliphatic rings. The van der Waals surface area contributed by atoms with Crippen molar-refractivity contribution >= 4 is 34.0 Å². The van der Waals surface area contributed by atoms with Gasteiger partial charge < -0.3 is 14.9 Å². The maximum absolute atomic E-state index is 12.5. The van der Waals surface area contributed by atoms with Crippen LogP contribution in [0.3, 0.4) is 0 Å². The van der Waals surface area contributed by atoms with E-state index in [0.29, 0.717) is 16.9 Å². The molecule has 0 saturated heterocycles. The highest BCUT2D eigenvalue weighted by Gasteiger charge is 2.20. The zero-order chi connectivity index (χ0) is 20.7. The predicted octanol–water partition coefficient (Wildman–Crippen LogP) is 3.63. The highest BCUT2D eigenvalue weighted by atomic mass is 32.1. The van der Waals surface area contributed by atoms with Crippen molar-refractivity contribution in [3.8, 4) is 0 Å². The van der Waals surface area contributed by atoms with Crippen LogP contribution in [0.15, 0.2) is 46.0 Å². The number of rotatable bonds is 7. The van der Waals surface area contributed by atoms with Crippen molar-refractivity contribution in [1.82, 2.24) is 4.98 Å². The van der Waals surface area contributed by atoms with Gasteiger partial charge in [0.25, 0.3) is 5.91 Å². The Morgan fingerprint density at radius 1 is 1.32 bits per heavy atom. The smallest absolute Gasteiger partial charge is 0.350 e. The van der Waals surface area contributed by atoms with Gasteiger partial charge in [-0.3, -0.25) is 10.1 Å². The first-order valence-corrected chi connectivity index (χ1v) is 9.15. The molecule has 0 bridgehead atoms. The fourth-order valence-electron chi connectivity index (χ4n) is 2.12. The van der Waals surface area contributed by atoms with E-state index in [9.17, 15) is 19.8 Å². The van der Waals surface area contributed by atoms with E-state index in [4.69, 9.17) is 4.74 Å². The molecule has 2 rings (SSSR count). The van der Waals surface area contributed by atoms with E-state index >= 15 is 0 Å². The summed E-state index contributed by atoms with van der Waals surface area (Å²) >= 11 is 0.958. The number of aromatic nitrogens is 1. The van der Waals surface area contributed by atoms with Crippen molar-refractivity contribution in [2.24, 2.45) is 10.2 Å². The number of aryl methyl sites for hydroxylation is 1. The Bertz CT molecular complexity index is 932. The van der Waals surface area contributed by atoms with Crippen molar-refractivity contribution in [2.45, 2.75) is 27.4 Å². The number of azo groups is 1. The number of nitrogens with one attached hydrogen (secondary N) is 1. The lowest BCUT2D eigenvalue weighted by molar-refractivity contribution is -0.113. The third kappa shape index (κ3) is 5.21. The molecule has 2 aromatic rings. The molecule has 0 radical (unpaired) electrons. The first-order valence-electron chi connectivity index (χ1n) is 8.33. The van der Waals surface area contributed by atoms with Gasteiger partial charge in [-0.2, -0.15) is 0 Å². The van der Waals surface area contributed by atoms with Gasteiger partial charge >= 0.3 is 5.97 Å². The number of hydrogen-bond acceptors (Lipinski definition) is 9. The number of amides is 1. The van der Waals surface area contributed by atoms with Crippen molar-refractivity contribution in [1.29, 1.82) is 0 Å². The van der Waals surface area contributed by atoms with Crippen LogP contribution in [0.25, 0.3) is 0 Å². The van der Waals surface area contributed by atoms with E-state index in [1.54, 1.807) is 38.1 Å². The van der Waals surface area contributed by atoms with Crippen LogP contribution in [0, 0.1) is 6.92 Å². The Hall–Kier alpha value is -3.11. The first kappa shape index (κ1) is 21.2. The highest BCUT2D eigenvalue weighted by molar-refractivity contribution is 7.17. The number of carbonyl (C=O) groups is 2. The molecule has 1 amide bonds. The van der Waals surface area contributed by atoms with E-state index in [1.807, 2.05) is 0 Å². The van der Waals surface area contributed by atoms with Crippen LogP contribution >= 0.6 is 11.3 Å². The average Bonchev–Trinajstić information content (AvgIpc) is 3.02. The largest absolute Gasteiger partial charge is 0.510 e. The fraction of sp³-hybridized carbons (Fsp3) is 0.278. The van der Waals surface area contributed by atoms with E-state index < -0.39 is 11.9 Å². The summed E-state index contributed by atoms with van der Waals surface area (Å²) in [5.41, 5.74) is 0.990. The predicted molar refractivity (Wildman–Crippen MR) is 104 cm³/mol. The molecule has 0 atom stereocenters. The Morgan fingerprint density at radius 2 is 2.04 bits per heavy atom. The number of anilines is 1. The number of carbonyl (C=O) groups excluding carboxylic acids is 2. The zero-order valence-electron chi connectivity index (χ0n) is 15.6. The molecule has 0 spiro atoms. The average molecular weight is 404 g/mol. The quantitative estimate of drug-likeness (QED) is 0.279. The molecule has 1 aromatic carbocycles. The van der Waals surface area contributed by atoms with Crippen LogP contribution in [0.5, 0.6) is 0 Å². The van der Waals surface area contributed by atoms with E-state index in [0.717, 1.165) is 11.3 Å². The molecule has 0 aliphatic heterocycles. The number of esters is 1. The van der Waals surface area contributed by atoms with Gasteiger partial charge in [-0.25, -0.2) is 9.78 Å². The van der Waals surface area contributed by atoms with Gasteiger partial charge in [-0.15, -0.1) is 10.2 Å². The van der Waals surface area contributed by atoms with Gasteiger partial charge in [-0.05, 0) is 26.8 Å². The fourth-order valence-corrected chi connectivity index (χ4v) is 2.98. The molecule has 0 fully saturated rings. The minimum atomic E-state index is -0.741. The van der Waals surface area contributed by atoms with Gasteiger partial charge in [0.05, 0.1) is 24.6 Å². The number of nitrogens with zero attached hydrogens (tertiary/aromatic N) is 3. The number of ether oxygens (including phenoxy) is 1. The minimum absolute atomic E-state index is 0.162. The molecular weight excluding hydrogens is 384 g/mol. The first-order chi connectivity index (χ1) is 13.4. The molecule has 28 heavy (non-hydrogen) atoms. The summed E-state index contributed by atoms with van der Waals surface area (Å²) in [4.78, 5) is 28.7. The summed E-state index contributed by atoms with van der Waals surface area (Å²) in [6, 6.07) is 6.72. The molecule has 0 unspecified atom stereocenters. The molecule has 148 valence electrons. The molecule has 9 nitrogen and oxygen atoms in total. The van der Waals surface area contributed by atoms with Crippen LogP contribution in [-0.4, -0.2) is 33.7 Å². The van der Waals surface area contributed by atoms with Gasteiger partial charge in [-0.1, -0.05) is 29.5 Å². The molecule has 1 aromatic heterocycles. The lowest BCUT2D eigenvalue weighted by Gasteiger charge is -2.04. The Kier molecular flexibility index (Phi) is 7.36. The molecule has 0 aliphatic carbocycles. The summed E-state index contributed by atoms with van der Waals surface area (Å²) in [7, 11) is 0. The molecule has 3 N–H and O–H groups in total. The number of aliphatic hydroxyl groups excluding tert-OH is 2. The lowest BCUT2D eigenvalue weighted by atomic mass is 10.2. The van der Waals surface area contributed by atoms with Gasteiger partial charge in [0.2, 0.25) is 0 Å². The van der Waals surface area contributed by atoms with Gasteiger partial charge in [0.15, 0.2) is 10.8 Å². The normalized spacial score (nSPS) is 12.0. The summed E-state index contributed by atoms with van der Waals surface area (Å²) in [5.74, 6) is -1.61. The van der Waals surface area contributed by atoms with Crippen LogP contribution in [-0.2, 0) is 16.1 Å². The third-order valence-electron chi connectivity index (χ3n) is 3.46. The van der Waals surface area contributed by atoms with Crippen LogP contribution < -0.4 is 5.32 Å². The maximum Gasteiger partial charge on any atom is 0.350 e. The summed E-state index contributed by atoms with van der Waals surface area (Å²) in [6.07, 6.45) is 0. The maximum atomic E-state index is 12.5. The third-order valence-corrected chi connectivity index (χ3v) is 4.51. The van der Waals surface area contributed by atoms with Crippen molar-refractivity contribution < 1.29 is 24.5 Å². The number of aliphatic hydroxyl groups is 2. The monoisotopic (exact) mass is 404 g/mol. The SMILES string of the molecule is CCOC(=O)c1sc(NC(=O)/C(N=Nc2ccccc2CO)=C(/C)O)nc1C. The van der Waals surface area contributed by atoms with Crippen molar-refractivity contribution in [3.05, 3.63) is 51.9 Å². The second-order valence-corrected chi connectivity index (χ2v) is 6.53. The number of thiazole rings is 1. The van der Waals surface area contributed by atoms with Crippen LogP contribution in [0.2, 0.25) is 0 Å². The Labute approximate surface area is 165 Å². The van der Waals surface area contributed by atoms with Crippen molar-refractivity contribution in [3.63, 3.8) is 0 Å². The summed E-state index contributed by atoms with van der Waals surface area (Å²) in [6.45, 7) is 4.59. The topological polar surface area (TPSA) is 133 Å². The molecular formula is C18H20N4O5S. The summed E-state index contributed by atoms with van der Waals surface area (Å²) < 4.78 is 4.94. The Morgan fingerprint density at radius 3 is 2.68 bits per heavy atom. The second-order valence-electron chi connectivity index (χ2n) is 5.53. The van der Waals surface area contributed by atoms with Crippen LogP contribution in [0.4, 0.5) is 10.8 Å². The van der Waals surface area contributed by atoms with E-state index in [2.05, 4.69) is 20.5 Å². The van der Waals surface area contributed by atoms with Gasteiger partial charge in [0.1, 0.15) is 10.6 Å². The van der Waals surface area contributed by atoms with Crippen LogP contribution in [0.1, 0.15) is 34.8 Å². The number of allylic oxidation sites excluding steroid dienone is 1. The molecule has 1 heterocycles. The minimum Gasteiger partial charge on any atom is -0.510 e. The lowest BCUT2D eigenvalue weighted by Crippen LogP contribution is -2.14. The highest BCUT2D eigenvalue weighted by Crippen LogP contribution is 2.25. The van der Waals surface area contributed by atoms with E-state index in [-0.39, 0.29) is 34.7 Å². The summed E-state index contributed by atoms with van der Waals surface area (Å²) in [5, 5.41) is 29.5. The standard InChI is InChI=1S/C18H20N4O5S/c1-4-27-17(26)15-10(2)19-18(28-15)20-16(25)14(11(3)24)22-21-13-8-6-5-7-12(13)9-23/h5-8,23-24H,4,9H2,1-3H3,(H,19,20,25)/b14-11+,22-21?. The second kappa shape index (κ2) is 9.72. The van der Waals surface area contributed by atoms with Gasteiger partial charge in [0, 0.05) is 5.56 Å².